The third-order valence-corrected chi connectivity index (χ3v) is 4.34. The average Bonchev–Trinajstić information content (AvgIpc) is 2.24. The Morgan fingerprint density at radius 2 is 1.78 bits per heavy atom. The van der Waals surface area contributed by atoms with Gasteiger partial charge >= 0.3 is 6.18 Å². The Morgan fingerprint density at radius 3 is 2.22 bits per heavy atom. The van der Waals surface area contributed by atoms with Gasteiger partial charge in [-0.3, -0.25) is 0 Å². The van der Waals surface area contributed by atoms with Crippen molar-refractivity contribution in [1.82, 2.24) is 9.62 Å². The topological polar surface area (TPSA) is 49.4 Å². The Bertz CT molecular complexity index is 318. The monoisotopic (exact) mass is 290 g/mol. The van der Waals surface area contributed by atoms with Gasteiger partial charge in [0.25, 0.3) is 0 Å². The average molecular weight is 290 g/mol. The number of hydrogen-bond acceptors (Lipinski definition) is 3. The second-order valence-corrected chi connectivity index (χ2v) is 6.01. The molecule has 0 aliphatic carbocycles. The summed E-state index contributed by atoms with van der Waals surface area (Å²) in [7, 11) is -3.81. The lowest BCUT2D eigenvalue weighted by Gasteiger charge is -2.21. The van der Waals surface area contributed by atoms with Crippen LogP contribution in [0.5, 0.6) is 0 Å². The van der Waals surface area contributed by atoms with Gasteiger partial charge in [0.05, 0.1) is 5.75 Å². The maximum absolute atomic E-state index is 12.2. The minimum Gasteiger partial charge on any atom is -0.317 e. The molecule has 0 bridgehead atoms. The van der Waals surface area contributed by atoms with Crippen LogP contribution in [-0.2, 0) is 10.0 Å². The molecule has 0 heterocycles. The fourth-order valence-corrected chi connectivity index (χ4v) is 3.01. The predicted molar refractivity (Wildman–Crippen MR) is 64.9 cm³/mol. The molecule has 0 unspecified atom stereocenters. The number of nitrogens with zero attached hydrogens (tertiary/aromatic N) is 1. The smallest absolute Gasteiger partial charge is 0.317 e. The van der Waals surface area contributed by atoms with E-state index in [0.717, 1.165) is 6.54 Å². The normalized spacial score (nSPS) is 13.2. The summed E-state index contributed by atoms with van der Waals surface area (Å²) in [4.78, 5) is 0. The van der Waals surface area contributed by atoms with E-state index in [2.05, 4.69) is 5.32 Å². The molecule has 1 N–H and O–H groups in total. The highest BCUT2D eigenvalue weighted by atomic mass is 32.2. The third-order valence-electron chi connectivity index (χ3n) is 2.36. The SMILES string of the molecule is CCNCCCCS(=O)(=O)N(CC)CC(F)(F)F. The van der Waals surface area contributed by atoms with Crippen molar-refractivity contribution in [1.29, 1.82) is 0 Å². The van der Waals surface area contributed by atoms with Crippen molar-refractivity contribution in [3.8, 4) is 0 Å². The molecule has 0 spiro atoms. The summed E-state index contributed by atoms with van der Waals surface area (Å²) in [5.41, 5.74) is 0. The molecule has 0 saturated carbocycles. The van der Waals surface area contributed by atoms with Crippen molar-refractivity contribution in [2.75, 3.05) is 31.9 Å². The first-order valence-corrected chi connectivity index (χ1v) is 7.59. The Hall–Kier alpha value is -0.340. The molecule has 0 aromatic heterocycles. The molecular weight excluding hydrogens is 269 g/mol. The predicted octanol–water partition coefficient (Wildman–Crippen LogP) is 1.59. The van der Waals surface area contributed by atoms with E-state index in [1.807, 2.05) is 6.92 Å². The lowest BCUT2D eigenvalue weighted by Crippen LogP contribution is -2.40. The number of halogens is 3. The zero-order chi connectivity index (χ0) is 14.2. The zero-order valence-electron chi connectivity index (χ0n) is 10.8. The second-order valence-electron chi connectivity index (χ2n) is 3.92. The molecule has 0 aromatic rings. The van der Waals surface area contributed by atoms with E-state index in [4.69, 9.17) is 0 Å². The van der Waals surface area contributed by atoms with Gasteiger partial charge in [-0.15, -0.1) is 0 Å². The zero-order valence-corrected chi connectivity index (χ0v) is 11.6. The summed E-state index contributed by atoms with van der Waals surface area (Å²) in [6.45, 7) is 3.24. The van der Waals surface area contributed by atoms with Crippen LogP contribution in [0.1, 0.15) is 26.7 Å². The first-order valence-electron chi connectivity index (χ1n) is 5.98. The van der Waals surface area contributed by atoms with Gasteiger partial charge < -0.3 is 5.32 Å². The molecule has 0 atom stereocenters. The summed E-state index contributed by atoms with van der Waals surface area (Å²) in [6.07, 6.45) is -3.49. The highest BCUT2D eigenvalue weighted by Gasteiger charge is 2.35. The highest BCUT2D eigenvalue weighted by molar-refractivity contribution is 7.89. The summed E-state index contributed by atoms with van der Waals surface area (Å²) < 4.78 is 60.4. The largest absolute Gasteiger partial charge is 0.402 e. The van der Waals surface area contributed by atoms with Crippen molar-refractivity contribution in [2.45, 2.75) is 32.9 Å². The molecule has 0 aromatic carbocycles. The molecular formula is C10H21F3N2O2S. The van der Waals surface area contributed by atoms with Gasteiger partial charge in [-0.25, -0.2) is 8.42 Å². The minimum atomic E-state index is -4.49. The molecule has 0 amide bonds. The van der Waals surface area contributed by atoms with Crippen LogP contribution in [0.15, 0.2) is 0 Å². The minimum absolute atomic E-state index is 0.158. The van der Waals surface area contributed by atoms with Crippen LogP contribution in [0.25, 0.3) is 0 Å². The summed E-state index contributed by atoms with van der Waals surface area (Å²) in [6, 6.07) is 0. The van der Waals surface area contributed by atoms with Gasteiger partial charge in [0.15, 0.2) is 0 Å². The highest BCUT2D eigenvalue weighted by Crippen LogP contribution is 2.18. The summed E-state index contributed by atoms with van der Waals surface area (Å²) >= 11 is 0. The van der Waals surface area contributed by atoms with E-state index in [0.29, 0.717) is 23.7 Å². The molecule has 0 aliphatic heterocycles. The van der Waals surface area contributed by atoms with E-state index < -0.39 is 22.7 Å². The van der Waals surface area contributed by atoms with Gasteiger partial charge in [-0.2, -0.15) is 17.5 Å². The van der Waals surface area contributed by atoms with Crippen LogP contribution in [0, 0.1) is 0 Å². The second kappa shape index (κ2) is 7.96. The Morgan fingerprint density at radius 1 is 1.17 bits per heavy atom. The lowest BCUT2D eigenvalue weighted by molar-refractivity contribution is -0.135. The number of sulfonamides is 1. The van der Waals surface area contributed by atoms with Crippen molar-refractivity contribution < 1.29 is 21.6 Å². The van der Waals surface area contributed by atoms with Crippen LogP contribution in [0.4, 0.5) is 13.2 Å². The van der Waals surface area contributed by atoms with Crippen LogP contribution in [0.2, 0.25) is 0 Å². The molecule has 0 saturated heterocycles. The van der Waals surface area contributed by atoms with Gasteiger partial charge in [0.2, 0.25) is 10.0 Å². The van der Waals surface area contributed by atoms with Gasteiger partial charge in [0.1, 0.15) is 6.54 Å². The van der Waals surface area contributed by atoms with Gasteiger partial charge in [-0.05, 0) is 25.9 Å². The van der Waals surface area contributed by atoms with Crippen molar-refractivity contribution in [3.63, 3.8) is 0 Å². The number of nitrogens with one attached hydrogen (secondary N) is 1. The van der Waals surface area contributed by atoms with E-state index in [-0.39, 0.29) is 12.3 Å². The molecule has 18 heavy (non-hydrogen) atoms. The molecule has 8 heteroatoms. The van der Waals surface area contributed by atoms with Crippen LogP contribution in [-0.4, -0.2) is 50.8 Å². The van der Waals surface area contributed by atoms with Crippen molar-refractivity contribution >= 4 is 10.0 Å². The van der Waals surface area contributed by atoms with Crippen molar-refractivity contribution in [2.24, 2.45) is 0 Å². The summed E-state index contributed by atoms with van der Waals surface area (Å²) in [5.74, 6) is -0.234. The number of alkyl halides is 3. The third kappa shape index (κ3) is 7.88. The Kier molecular flexibility index (Phi) is 7.81. The number of hydrogen-bond donors (Lipinski definition) is 1. The molecule has 0 aliphatic rings. The fraction of sp³-hybridized carbons (Fsp3) is 1.00. The first kappa shape index (κ1) is 17.7. The number of unbranched alkanes of at least 4 members (excludes halogenated alkanes) is 1. The molecule has 0 radical (unpaired) electrons. The Balaban J connectivity index is 4.23. The van der Waals surface area contributed by atoms with E-state index in [1.165, 1.54) is 6.92 Å². The van der Waals surface area contributed by atoms with Crippen LogP contribution >= 0.6 is 0 Å². The van der Waals surface area contributed by atoms with Gasteiger partial charge in [-0.1, -0.05) is 13.8 Å². The maximum atomic E-state index is 12.2. The number of rotatable bonds is 9. The quantitative estimate of drug-likeness (QED) is 0.656. The summed E-state index contributed by atoms with van der Waals surface area (Å²) in [5, 5.41) is 3.03. The van der Waals surface area contributed by atoms with Crippen LogP contribution in [0.3, 0.4) is 0 Å². The first-order chi connectivity index (χ1) is 8.23. The molecule has 110 valence electrons. The lowest BCUT2D eigenvalue weighted by atomic mass is 10.3. The molecule has 0 fully saturated rings. The standard InChI is InChI=1S/C10H21F3N2O2S/c1-3-14-7-5-6-8-18(16,17)15(4-2)9-10(11,12)13/h14H,3-9H2,1-2H3. The van der Waals surface area contributed by atoms with E-state index >= 15 is 0 Å². The van der Waals surface area contributed by atoms with E-state index in [9.17, 15) is 21.6 Å². The Labute approximate surface area is 107 Å². The fourth-order valence-electron chi connectivity index (χ4n) is 1.45. The molecule has 0 rings (SSSR count). The molecule has 4 nitrogen and oxygen atoms in total. The van der Waals surface area contributed by atoms with E-state index in [1.54, 1.807) is 0 Å². The van der Waals surface area contributed by atoms with Crippen LogP contribution < -0.4 is 5.32 Å². The van der Waals surface area contributed by atoms with Gasteiger partial charge in [0, 0.05) is 6.54 Å². The maximum Gasteiger partial charge on any atom is 0.402 e. The van der Waals surface area contributed by atoms with Crippen molar-refractivity contribution in [3.05, 3.63) is 0 Å².